The molecule has 3 heteroatoms. The summed E-state index contributed by atoms with van der Waals surface area (Å²) in [5, 5.41) is 9.46. The minimum absolute atomic E-state index is 0.0551. The van der Waals surface area contributed by atoms with Crippen molar-refractivity contribution in [2.24, 2.45) is 0 Å². The number of phenolic OH excluding ortho intramolecular Hbond substituents is 1. The summed E-state index contributed by atoms with van der Waals surface area (Å²) in [5.41, 5.74) is 1.01. The first kappa shape index (κ1) is 21.0. The molecule has 3 nitrogen and oxygen atoms in total. The van der Waals surface area contributed by atoms with Gasteiger partial charge in [-0.3, -0.25) is 0 Å². The summed E-state index contributed by atoms with van der Waals surface area (Å²) in [4.78, 5) is 0. The van der Waals surface area contributed by atoms with Gasteiger partial charge in [0.05, 0.1) is 17.8 Å². The van der Waals surface area contributed by atoms with Crippen molar-refractivity contribution < 1.29 is 14.6 Å². The number of hydrogen-bond acceptors (Lipinski definition) is 3. The van der Waals surface area contributed by atoms with Crippen LogP contribution >= 0.6 is 0 Å². The van der Waals surface area contributed by atoms with E-state index >= 15 is 0 Å². The van der Waals surface area contributed by atoms with Crippen molar-refractivity contribution in [1.82, 2.24) is 0 Å². The number of rotatable bonds is 12. The van der Waals surface area contributed by atoms with E-state index in [0.29, 0.717) is 5.75 Å². The highest BCUT2D eigenvalue weighted by Crippen LogP contribution is 2.30. The third kappa shape index (κ3) is 5.78. The van der Waals surface area contributed by atoms with Gasteiger partial charge in [-0.15, -0.1) is 0 Å². The van der Waals surface area contributed by atoms with E-state index in [2.05, 4.69) is 34.6 Å². The predicted octanol–water partition coefficient (Wildman–Crippen LogP) is 5.50. The summed E-state index contributed by atoms with van der Waals surface area (Å²) in [5.74, 6) is 0.311. The molecule has 24 heavy (non-hydrogen) atoms. The molecule has 0 aliphatic rings. The van der Waals surface area contributed by atoms with Crippen molar-refractivity contribution in [3.05, 3.63) is 29.8 Å². The third-order valence-electron chi connectivity index (χ3n) is 5.46. The lowest BCUT2D eigenvalue weighted by Crippen LogP contribution is -2.38. The van der Waals surface area contributed by atoms with E-state index in [1.54, 1.807) is 12.1 Å². The normalized spacial score (nSPS) is 12.5. The fraction of sp³-hybridized carbons (Fsp3) is 0.714. The second-order valence-electron chi connectivity index (χ2n) is 6.65. The summed E-state index contributed by atoms with van der Waals surface area (Å²) >= 11 is 0. The molecule has 138 valence electrons. The van der Waals surface area contributed by atoms with E-state index in [-0.39, 0.29) is 11.2 Å². The van der Waals surface area contributed by atoms with Crippen LogP contribution in [0.5, 0.6) is 5.75 Å². The molecular weight excluding hydrogens is 300 g/mol. The second kappa shape index (κ2) is 10.0. The molecule has 0 bridgehead atoms. The maximum Gasteiger partial charge on any atom is 0.115 e. The Bertz CT molecular complexity index is 445. The SMILES string of the molecule is CCOC(CC)(CC)CCOC(CC)(CC)Cc1ccc(O)cc1. The zero-order valence-electron chi connectivity index (χ0n) is 16.2. The fourth-order valence-electron chi connectivity index (χ4n) is 3.38. The lowest BCUT2D eigenvalue weighted by molar-refractivity contribution is -0.101. The van der Waals surface area contributed by atoms with Gasteiger partial charge in [0.2, 0.25) is 0 Å². The first-order valence-electron chi connectivity index (χ1n) is 9.54. The Morgan fingerprint density at radius 3 is 1.79 bits per heavy atom. The van der Waals surface area contributed by atoms with Crippen LogP contribution in [0.25, 0.3) is 0 Å². The molecule has 0 unspecified atom stereocenters. The van der Waals surface area contributed by atoms with Crippen LogP contribution in [0.2, 0.25) is 0 Å². The topological polar surface area (TPSA) is 38.7 Å². The van der Waals surface area contributed by atoms with Gasteiger partial charge >= 0.3 is 0 Å². The Balaban J connectivity index is 2.72. The van der Waals surface area contributed by atoms with Crippen molar-refractivity contribution in [1.29, 1.82) is 0 Å². The van der Waals surface area contributed by atoms with Crippen LogP contribution in [0.4, 0.5) is 0 Å². The average Bonchev–Trinajstić information content (AvgIpc) is 2.62. The first-order valence-corrected chi connectivity index (χ1v) is 9.54. The smallest absolute Gasteiger partial charge is 0.115 e. The Hall–Kier alpha value is -1.06. The van der Waals surface area contributed by atoms with Crippen molar-refractivity contribution in [3.63, 3.8) is 0 Å². The van der Waals surface area contributed by atoms with Gasteiger partial charge in [-0.25, -0.2) is 0 Å². The van der Waals surface area contributed by atoms with Crippen molar-refractivity contribution in [3.8, 4) is 5.75 Å². The average molecular weight is 337 g/mol. The zero-order valence-corrected chi connectivity index (χ0v) is 16.2. The summed E-state index contributed by atoms with van der Waals surface area (Å²) in [7, 11) is 0. The van der Waals surface area contributed by atoms with Gasteiger partial charge in [-0.2, -0.15) is 0 Å². The lowest BCUT2D eigenvalue weighted by atomic mass is 9.88. The predicted molar refractivity (Wildman–Crippen MR) is 101 cm³/mol. The fourth-order valence-corrected chi connectivity index (χ4v) is 3.38. The van der Waals surface area contributed by atoms with Crippen LogP contribution in [-0.4, -0.2) is 29.5 Å². The highest BCUT2D eigenvalue weighted by Gasteiger charge is 2.31. The van der Waals surface area contributed by atoms with Crippen LogP contribution in [0, 0.1) is 0 Å². The highest BCUT2D eigenvalue weighted by atomic mass is 16.5. The quantitative estimate of drug-likeness (QED) is 0.548. The molecule has 0 fully saturated rings. The summed E-state index contributed by atoms with van der Waals surface area (Å²) in [6.07, 6.45) is 5.80. The highest BCUT2D eigenvalue weighted by molar-refractivity contribution is 5.27. The molecule has 0 atom stereocenters. The van der Waals surface area contributed by atoms with E-state index in [1.807, 2.05) is 12.1 Å². The number of ether oxygens (including phenoxy) is 2. The molecule has 1 aromatic carbocycles. The maximum atomic E-state index is 9.46. The van der Waals surface area contributed by atoms with E-state index in [1.165, 1.54) is 5.56 Å². The lowest BCUT2D eigenvalue weighted by Gasteiger charge is -2.36. The first-order chi connectivity index (χ1) is 11.5. The van der Waals surface area contributed by atoms with Crippen molar-refractivity contribution in [2.75, 3.05) is 13.2 Å². The summed E-state index contributed by atoms with van der Waals surface area (Å²) in [6.45, 7) is 12.3. The van der Waals surface area contributed by atoms with Gasteiger partial charge in [0.15, 0.2) is 0 Å². The Morgan fingerprint density at radius 2 is 1.33 bits per heavy atom. The van der Waals surface area contributed by atoms with Crippen LogP contribution in [-0.2, 0) is 15.9 Å². The van der Waals surface area contributed by atoms with Crippen LogP contribution in [0.15, 0.2) is 24.3 Å². The van der Waals surface area contributed by atoms with Gasteiger partial charge in [-0.05, 0) is 56.7 Å². The van der Waals surface area contributed by atoms with E-state index in [4.69, 9.17) is 9.47 Å². The Kier molecular flexibility index (Phi) is 8.79. The molecule has 0 radical (unpaired) electrons. The Morgan fingerprint density at radius 1 is 0.792 bits per heavy atom. The van der Waals surface area contributed by atoms with E-state index < -0.39 is 0 Å². The molecule has 0 amide bonds. The molecule has 1 rings (SSSR count). The largest absolute Gasteiger partial charge is 0.508 e. The molecule has 0 aromatic heterocycles. The number of phenols is 1. The number of hydrogen-bond donors (Lipinski definition) is 1. The van der Waals surface area contributed by atoms with Crippen LogP contribution < -0.4 is 0 Å². The van der Waals surface area contributed by atoms with Gasteiger partial charge in [0, 0.05) is 13.0 Å². The monoisotopic (exact) mass is 336 g/mol. The number of benzene rings is 1. The van der Waals surface area contributed by atoms with Crippen molar-refractivity contribution in [2.45, 2.75) is 84.3 Å². The molecular formula is C21H36O3. The maximum absolute atomic E-state index is 9.46. The summed E-state index contributed by atoms with van der Waals surface area (Å²) < 4.78 is 12.5. The molecule has 1 N–H and O–H groups in total. The zero-order chi connectivity index (χ0) is 18.1. The summed E-state index contributed by atoms with van der Waals surface area (Å²) in [6, 6.07) is 7.47. The van der Waals surface area contributed by atoms with Crippen LogP contribution in [0.3, 0.4) is 0 Å². The van der Waals surface area contributed by atoms with Gasteiger partial charge in [0.1, 0.15) is 5.75 Å². The van der Waals surface area contributed by atoms with Gasteiger partial charge < -0.3 is 14.6 Å². The molecule has 0 spiro atoms. The number of aromatic hydroxyl groups is 1. The van der Waals surface area contributed by atoms with Crippen molar-refractivity contribution >= 4 is 0 Å². The minimum Gasteiger partial charge on any atom is -0.508 e. The molecule has 1 aromatic rings. The Labute approximate surface area is 148 Å². The van der Waals surface area contributed by atoms with E-state index in [9.17, 15) is 5.11 Å². The van der Waals surface area contributed by atoms with Gasteiger partial charge in [0.25, 0.3) is 0 Å². The molecule has 0 saturated carbocycles. The van der Waals surface area contributed by atoms with Crippen LogP contribution in [0.1, 0.15) is 72.3 Å². The molecule has 0 aliphatic carbocycles. The molecule has 0 heterocycles. The van der Waals surface area contributed by atoms with E-state index in [0.717, 1.165) is 51.7 Å². The molecule has 0 aliphatic heterocycles. The minimum atomic E-state index is -0.142. The standard InChI is InChI=1S/C21H36O3/c1-6-20(7-2,23-10-5)15-16-24-21(8-3,9-4)17-18-11-13-19(22)14-12-18/h11-14,22H,6-10,15-17H2,1-5H3. The third-order valence-corrected chi connectivity index (χ3v) is 5.46. The second-order valence-corrected chi connectivity index (χ2v) is 6.65. The molecule has 0 saturated heterocycles. The van der Waals surface area contributed by atoms with Gasteiger partial charge in [-0.1, -0.05) is 39.8 Å².